The highest BCUT2D eigenvalue weighted by Crippen LogP contribution is 2.29. The number of hydrogen-bond donors (Lipinski definition) is 0. The molecule has 0 unspecified atom stereocenters. The average Bonchev–Trinajstić information content (AvgIpc) is 2.51. The fraction of sp³-hybridized carbons (Fsp3) is 0.214. The molecular formula is C14H13NO4S. The molecule has 0 radical (unpaired) electrons. The van der Waals surface area contributed by atoms with Crippen LogP contribution in [0.1, 0.15) is 10.4 Å². The predicted octanol–water partition coefficient (Wildman–Crippen LogP) is 2.29. The Labute approximate surface area is 120 Å². The lowest BCUT2D eigenvalue weighted by Gasteiger charge is -2.08. The molecule has 0 aliphatic rings. The van der Waals surface area contributed by atoms with Crippen LogP contribution in [-0.4, -0.2) is 36.9 Å². The first-order valence-electron chi connectivity index (χ1n) is 5.83. The Kier molecular flexibility index (Phi) is 4.57. The zero-order valence-electron chi connectivity index (χ0n) is 11.1. The molecule has 5 nitrogen and oxygen atoms in total. The second-order valence-electron chi connectivity index (χ2n) is 3.87. The van der Waals surface area contributed by atoms with E-state index in [-0.39, 0.29) is 11.7 Å². The Morgan fingerprint density at radius 3 is 2.70 bits per heavy atom. The van der Waals surface area contributed by atoms with Crippen molar-refractivity contribution in [1.82, 2.24) is 4.98 Å². The standard InChI is InChI=1S/C14H13NO4S/c1-18-12(16)8-20-11-6-5-10(14(17)19-2)9-4-3-7-15-13(9)11/h3-7H,8H2,1-2H3. The van der Waals surface area contributed by atoms with Gasteiger partial charge in [0.1, 0.15) is 0 Å². The molecule has 0 fully saturated rings. The van der Waals surface area contributed by atoms with Gasteiger partial charge in [-0.25, -0.2) is 4.79 Å². The molecule has 0 amide bonds. The first-order chi connectivity index (χ1) is 9.67. The minimum Gasteiger partial charge on any atom is -0.468 e. The SMILES string of the molecule is COC(=O)CSc1ccc(C(=O)OC)c2cccnc12. The van der Waals surface area contributed by atoms with E-state index in [1.165, 1.54) is 26.0 Å². The van der Waals surface area contributed by atoms with Crippen LogP contribution in [0.15, 0.2) is 35.4 Å². The predicted molar refractivity (Wildman–Crippen MR) is 75.8 cm³/mol. The fourth-order valence-electron chi connectivity index (χ4n) is 1.75. The second-order valence-corrected chi connectivity index (χ2v) is 4.88. The molecule has 1 aromatic carbocycles. The molecule has 0 spiro atoms. The maximum Gasteiger partial charge on any atom is 0.338 e. The van der Waals surface area contributed by atoms with Crippen molar-refractivity contribution in [2.75, 3.05) is 20.0 Å². The van der Waals surface area contributed by atoms with Crippen LogP contribution >= 0.6 is 11.8 Å². The molecule has 0 saturated carbocycles. The van der Waals surface area contributed by atoms with E-state index < -0.39 is 5.97 Å². The normalized spacial score (nSPS) is 10.3. The number of pyridine rings is 1. The lowest BCUT2D eigenvalue weighted by atomic mass is 10.1. The average molecular weight is 291 g/mol. The topological polar surface area (TPSA) is 65.5 Å². The molecule has 1 heterocycles. The number of benzene rings is 1. The van der Waals surface area contributed by atoms with Gasteiger partial charge >= 0.3 is 11.9 Å². The summed E-state index contributed by atoms with van der Waals surface area (Å²) < 4.78 is 9.36. The van der Waals surface area contributed by atoms with Gasteiger partial charge in [0, 0.05) is 16.5 Å². The number of carbonyl (C=O) groups is 2. The van der Waals surface area contributed by atoms with Crippen molar-refractivity contribution in [3.8, 4) is 0 Å². The summed E-state index contributed by atoms with van der Waals surface area (Å²) in [6.07, 6.45) is 1.64. The van der Waals surface area contributed by atoms with Crippen molar-refractivity contribution in [3.05, 3.63) is 36.0 Å². The monoisotopic (exact) mass is 291 g/mol. The Hall–Kier alpha value is -2.08. The van der Waals surface area contributed by atoms with Crippen LogP contribution in [0.4, 0.5) is 0 Å². The van der Waals surface area contributed by atoms with Crippen molar-refractivity contribution in [2.24, 2.45) is 0 Å². The third kappa shape index (κ3) is 2.91. The van der Waals surface area contributed by atoms with Crippen LogP contribution in [0, 0.1) is 0 Å². The minimum atomic E-state index is -0.410. The van der Waals surface area contributed by atoms with E-state index in [0.29, 0.717) is 16.5 Å². The summed E-state index contributed by atoms with van der Waals surface area (Å²) >= 11 is 1.32. The van der Waals surface area contributed by atoms with Crippen molar-refractivity contribution in [1.29, 1.82) is 0 Å². The van der Waals surface area contributed by atoms with Gasteiger partial charge in [0.25, 0.3) is 0 Å². The smallest absolute Gasteiger partial charge is 0.338 e. The largest absolute Gasteiger partial charge is 0.468 e. The van der Waals surface area contributed by atoms with Gasteiger partial charge in [0.2, 0.25) is 0 Å². The molecule has 0 atom stereocenters. The van der Waals surface area contributed by atoms with Crippen LogP contribution < -0.4 is 0 Å². The van der Waals surface area contributed by atoms with E-state index in [0.717, 1.165) is 4.90 Å². The summed E-state index contributed by atoms with van der Waals surface area (Å²) in [5.74, 6) is -0.525. The van der Waals surface area contributed by atoms with Crippen molar-refractivity contribution in [2.45, 2.75) is 4.90 Å². The molecule has 2 aromatic rings. The molecular weight excluding hydrogens is 278 g/mol. The Morgan fingerprint density at radius 1 is 1.20 bits per heavy atom. The van der Waals surface area contributed by atoms with Gasteiger partial charge in [-0.15, -0.1) is 11.8 Å². The second kappa shape index (κ2) is 6.38. The quantitative estimate of drug-likeness (QED) is 0.636. The summed E-state index contributed by atoms with van der Waals surface area (Å²) in [5, 5.41) is 0.703. The number of nitrogens with zero attached hydrogens (tertiary/aromatic N) is 1. The Morgan fingerprint density at radius 2 is 2.00 bits per heavy atom. The summed E-state index contributed by atoms with van der Waals surface area (Å²) in [5.41, 5.74) is 1.13. The van der Waals surface area contributed by atoms with Crippen molar-refractivity contribution >= 4 is 34.6 Å². The molecule has 20 heavy (non-hydrogen) atoms. The van der Waals surface area contributed by atoms with Gasteiger partial charge in [0.15, 0.2) is 0 Å². The number of fused-ring (bicyclic) bond motifs is 1. The van der Waals surface area contributed by atoms with Gasteiger partial charge in [-0.2, -0.15) is 0 Å². The maximum absolute atomic E-state index is 11.7. The third-order valence-corrected chi connectivity index (χ3v) is 3.73. The van der Waals surface area contributed by atoms with E-state index in [9.17, 15) is 9.59 Å². The van der Waals surface area contributed by atoms with Crippen molar-refractivity contribution in [3.63, 3.8) is 0 Å². The molecule has 0 bridgehead atoms. The molecule has 0 aliphatic carbocycles. The molecule has 0 aliphatic heterocycles. The van der Waals surface area contributed by atoms with Crippen LogP contribution in [-0.2, 0) is 14.3 Å². The highest BCUT2D eigenvalue weighted by atomic mass is 32.2. The van der Waals surface area contributed by atoms with Gasteiger partial charge in [-0.1, -0.05) is 6.07 Å². The first kappa shape index (κ1) is 14.3. The zero-order valence-corrected chi connectivity index (χ0v) is 11.9. The number of hydrogen-bond acceptors (Lipinski definition) is 6. The summed E-state index contributed by atoms with van der Waals surface area (Å²) in [7, 11) is 2.68. The number of carbonyl (C=O) groups excluding carboxylic acids is 2. The lowest BCUT2D eigenvalue weighted by molar-refractivity contribution is -0.137. The Bertz CT molecular complexity index is 657. The van der Waals surface area contributed by atoms with Crippen LogP contribution in [0.5, 0.6) is 0 Å². The van der Waals surface area contributed by atoms with Gasteiger partial charge in [-0.05, 0) is 18.2 Å². The lowest BCUT2D eigenvalue weighted by Crippen LogP contribution is -2.04. The minimum absolute atomic E-state index is 0.194. The van der Waals surface area contributed by atoms with Crippen molar-refractivity contribution < 1.29 is 19.1 Å². The summed E-state index contributed by atoms with van der Waals surface area (Å²) in [4.78, 5) is 28.0. The van der Waals surface area contributed by atoms with E-state index in [2.05, 4.69) is 9.72 Å². The number of aromatic nitrogens is 1. The molecule has 1 aromatic heterocycles. The first-order valence-corrected chi connectivity index (χ1v) is 6.81. The molecule has 2 rings (SSSR count). The summed E-state index contributed by atoms with van der Waals surface area (Å²) in [6.45, 7) is 0. The fourth-order valence-corrected chi connectivity index (χ4v) is 2.60. The molecule has 6 heteroatoms. The maximum atomic E-state index is 11.7. The van der Waals surface area contributed by atoms with Gasteiger partial charge in [-0.3, -0.25) is 9.78 Å². The number of esters is 2. The zero-order chi connectivity index (χ0) is 14.5. The number of thioether (sulfide) groups is 1. The van der Waals surface area contributed by atoms with Gasteiger partial charge in [0.05, 0.1) is 31.1 Å². The van der Waals surface area contributed by atoms with Crippen LogP contribution in [0.3, 0.4) is 0 Å². The molecule has 104 valence electrons. The van der Waals surface area contributed by atoms with E-state index in [1.807, 2.05) is 0 Å². The number of rotatable bonds is 4. The third-order valence-electron chi connectivity index (χ3n) is 2.71. The van der Waals surface area contributed by atoms with Crippen LogP contribution in [0.25, 0.3) is 10.9 Å². The molecule has 0 N–H and O–H groups in total. The molecule has 0 saturated heterocycles. The number of methoxy groups -OCH3 is 2. The highest BCUT2D eigenvalue weighted by Gasteiger charge is 2.14. The van der Waals surface area contributed by atoms with E-state index >= 15 is 0 Å². The van der Waals surface area contributed by atoms with E-state index in [1.54, 1.807) is 30.5 Å². The highest BCUT2D eigenvalue weighted by molar-refractivity contribution is 8.00. The van der Waals surface area contributed by atoms with E-state index in [4.69, 9.17) is 4.74 Å². The van der Waals surface area contributed by atoms with Gasteiger partial charge < -0.3 is 9.47 Å². The number of ether oxygens (including phenoxy) is 2. The van der Waals surface area contributed by atoms with Crippen LogP contribution in [0.2, 0.25) is 0 Å². The summed E-state index contributed by atoms with van der Waals surface area (Å²) in [6, 6.07) is 6.99. The Balaban J connectivity index is 2.43.